The molecule has 0 saturated heterocycles. The van der Waals surface area contributed by atoms with Crippen molar-refractivity contribution in [3.63, 3.8) is 0 Å². The Hall–Kier alpha value is -1.91. The summed E-state index contributed by atoms with van der Waals surface area (Å²) < 4.78 is 7.51. The lowest BCUT2D eigenvalue weighted by Gasteiger charge is -2.08. The minimum Gasteiger partial charge on any atom is -0.383 e. The molecule has 0 saturated carbocycles. The lowest BCUT2D eigenvalue weighted by atomic mass is 10.1. The van der Waals surface area contributed by atoms with E-state index in [0.29, 0.717) is 0 Å². The van der Waals surface area contributed by atoms with Crippen LogP contribution in [0.2, 0.25) is 0 Å². The monoisotopic (exact) mass is 326 g/mol. The summed E-state index contributed by atoms with van der Waals surface area (Å²) in [5.41, 5.74) is 7.26. The molecule has 0 spiro atoms. The number of aryl methyl sites for hydroxylation is 2. The van der Waals surface area contributed by atoms with Crippen LogP contribution in [-0.2, 0) is 11.3 Å². The molecule has 120 valence electrons. The van der Waals surface area contributed by atoms with Gasteiger partial charge in [0.05, 0.1) is 12.3 Å². The van der Waals surface area contributed by atoms with E-state index in [0.717, 1.165) is 23.9 Å². The quantitative estimate of drug-likeness (QED) is 0.670. The number of benzene rings is 1. The van der Waals surface area contributed by atoms with Crippen LogP contribution in [-0.4, -0.2) is 23.3 Å². The van der Waals surface area contributed by atoms with Crippen LogP contribution in [0.1, 0.15) is 17.0 Å². The fourth-order valence-electron chi connectivity index (χ4n) is 2.92. The lowest BCUT2D eigenvalue weighted by molar-refractivity contribution is 0.186. The van der Waals surface area contributed by atoms with Gasteiger partial charge >= 0.3 is 0 Å². The average molecular weight is 326 g/mol. The van der Waals surface area contributed by atoms with E-state index in [1.807, 2.05) is 0 Å². The van der Waals surface area contributed by atoms with E-state index in [-0.39, 0.29) is 0 Å². The fraction of sp³-hybridized carbons (Fsp3) is 0.316. The van der Waals surface area contributed by atoms with Crippen LogP contribution in [0.4, 0.5) is 0 Å². The van der Waals surface area contributed by atoms with Crippen molar-refractivity contribution in [2.24, 2.45) is 0 Å². The van der Waals surface area contributed by atoms with E-state index in [4.69, 9.17) is 9.72 Å². The molecule has 3 nitrogen and oxygen atoms in total. The molecule has 0 atom stereocenters. The van der Waals surface area contributed by atoms with Gasteiger partial charge in [-0.2, -0.15) is 0 Å². The lowest BCUT2D eigenvalue weighted by Crippen LogP contribution is -2.07. The van der Waals surface area contributed by atoms with Crippen LogP contribution in [0.3, 0.4) is 0 Å². The maximum absolute atomic E-state index is 5.21. The molecule has 0 N–H and O–H groups in total. The Morgan fingerprint density at radius 1 is 1.13 bits per heavy atom. The fourth-order valence-corrected chi connectivity index (χ4v) is 3.83. The van der Waals surface area contributed by atoms with Crippen LogP contribution in [0.25, 0.3) is 21.8 Å². The summed E-state index contributed by atoms with van der Waals surface area (Å²) >= 11 is 1.71. The Balaban J connectivity index is 1.97. The zero-order valence-electron chi connectivity index (χ0n) is 14.1. The van der Waals surface area contributed by atoms with Crippen LogP contribution < -0.4 is 0 Å². The zero-order chi connectivity index (χ0) is 16.4. The van der Waals surface area contributed by atoms with E-state index < -0.39 is 0 Å². The van der Waals surface area contributed by atoms with Gasteiger partial charge in [-0.3, -0.25) is 0 Å². The topological polar surface area (TPSA) is 27.1 Å². The number of methoxy groups -OCH3 is 1. The molecule has 0 aliphatic carbocycles. The van der Waals surface area contributed by atoms with Crippen molar-refractivity contribution in [3.8, 4) is 21.8 Å². The second-order valence-corrected chi connectivity index (χ2v) is 6.64. The minimum absolute atomic E-state index is 0.724. The first kappa shape index (κ1) is 16.0. The molecule has 0 fully saturated rings. The number of thiazole rings is 1. The smallest absolute Gasteiger partial charge is 0.124 e. The molecule has 3 aromatic rings. The maximum Gasteiger partial charge on any atom is 0.124 e. The molecular weight excluding hydrogens is 304 g/mol. The van der Waals surface area contributed by atoms with Crippen molar-refractivity contribution in [3.05, 3.63) is 52.7 Å². The van der Waals surface area contributed by atoms with E-state index >= 15 is 0 Å². The Morgan fingerprint density at radius 3 is 2.65 bits per heavy atom. The average Bonchev–Trinajstić information content (AvgIpc) is 3.12. The Bertz CT molecular complexity index is 817. The summed E-state index contributed by atoms with van der Waals surface area (Å²) in [5, 5.41) is 3.24. The summed E-state index contributed by atoms with van der Waals surface area (Å²) in [5.74, 6) is 0. The highest BCUT2D eigenvalue weighted by Crippen LogP contribution is 2.33. The first-order valence-corrected chi connectivity index (χ1v) is 8.67. The van der Waals surface area contributed by atoms with Crippen LogP contribution in [0.15, 0.2) is 35.7 Å². The van der Waals surface area contributed by atoms with Crippen molar-refractivity contribution in [1.82, 2.24) is 9.55 Å². The van der Waals surface area contributed by atoms with Crippen LogP contribution >= 0.6 is 11.3 Å². The van der Waals surface area contributed by atoms with Gasteiger partial charge in [0.1, 0.15) is 5.01 Å². The molecule has 23 heavy (non-hydrogen) atoms. The van der Waals surface area contributed by atoms with Gasteiger partial charge in [0, 0.05) is 41.5 Å². The second-order valence-electron chi connectivity index (χ2n) is 5.78. The van der Waals surface area contributed by atoms with Crippen molar-refractivity contribution in [1.29, 1.82) is 0 Å². The third-order valence-corrected chi connectivity index (χ3v) is 5.12. The van der Waals surface area contributed by atoms with Crippen LogP contribution in [0, 0.1) is 20.8 Å². The van der Waals surface area contributed by atoms with Gasteiger partial charge in [-0.15, -0.1) is 11.3 Å². The van der Waals surface area contributed by atoms with E-state index in [1.165, 1.54) is 28.1 Å². The van der Waals surface area contributed by atoms with Gasteiger partial charge in [-0.25, -0.2) is 4.98 Å². The summed E-state index contributed by atoms with van der Waals surface area (Å²) in [6.07, 6.45) is 0. The first-order chi connectivity index (χ1) is 11.1. The van der Waals surface area contributed by atoms with Gasteiger partial charge in [-0.05, 0) is 32.4 Å². The SMILES string of the molecule is COCCn1c(C)cc(-c2csc(-c3ccccc3C)n2)c1C. The summed E-state index contributed by atoms with van der Waals surface area (Å²) in [7, 11) is 1.74. The van der Waals surface area contributed by atoms with E-state index in [1.54, 1.807) is 18.4 Å². The molecule has 0 aliphatic heterocycles. The highest BCUT2D eigenvalue weighted by molar-refractivity contribution is 7.13. The molecule has 0 amide bonds. The Kier molecular flexibility index (Phi) is 4.64. The number of ether oxygens (including phenoxy) is 1. The third-order valence-electron chi connectivity index (χ3n) is 4.25. The molecule has 3 rings (SSSR count). The van der Waals surface area contributed by atoms with E-state index in [9.17, 15) is 0 Å². The first-order valence-electron chi connectivity index (χ1n) is 7.79. The van der Waals surface area contributed by atoms with Crippen molar-refractivity contribution in [2.75, 3.05) is 13.7 Å². The third kappa shape index (κ3) is 3.09. The van der Waals surface area contributed by atoms with Gasteiger partial charge in [-0.1, -0.05) is 24.3 Å². The largest absolute Gasteiger partial charge is 0.383 e. The number of aromatic nitrogens is 2. The van der Waals surface area contributed by atoms with Gasteiger partial charge < -0.3 is 9.30 Å². The summed E-state index contributed by atoms with van der Waals surface area (Å²) in [4.78, 5) is 4.88. The second kappa shape index (κ2) is 6.69. The van der Waals surface area contributed by atoms with Gasteiger partial charge in [0.2, 0.25) is 0 Å². The van der Waals surface area contributed by atoms with Crippen molar-refractivity contribution in [2.45, 2.75) is 27.3 Å². The number of hydrogen-bond acceptors (Lipinski definition) is 3. The van der Waals surface area contributed by atoms with Crippen molar-refractivity contribution >= 4 is 11.3 Å². The maximum atomic E-state index is 5.21. The normalized spacial score (nSPS) is 11.1. The molecular formula is C19H22N2OS. The highest BCUT2D eigenvalue weighted by atomic mass is 32.1. The van der Waals surface area contributed by atoms with Crippen molar-refractivity contribution < 1.29 is 4.74 Å². The predicted molar refractivity (Wildman–Crippen MR) is 97.1 cm³/mol. The molecule has 2 heterocycles. The number of hydrogen-bond donors (Lipinski definition) is 0. The van der Waals surface area contributed by atoms with Gasteiger partial charge in [0.15, 0.2) is 0 Å². The van der Waals surface area contributed by atoms with Crippen LogP contribution in [0.5, 0.6) is 0 Å². The molecule has 0 radical (unpaired) electrons. The highest BCUT2D eigenvalue weighted by Gasteiger charge is 2.14. The standard InChI is InChI=1S/C19H22N2OS/c1-13-7-5-6-8-16(13)19-20-18(12-23-19)17-11-14(2)21(15(17)3)9-10-22-4/h5-8,11-12H,9-10H2,1-4H3. The van der Waals surface area contributed by atoms with Gasteiger partial charge in [0.25, 0.3) is 0 Å². The number of nitrogens with zero attached hydrogens (tertiary/aromatic N) is 2. The molecule has 0 unspecified atom stereocenters. The molecule has 0 bridgehead atoms. The summed E-state index contributed by atoms with van der Waals surface area (Å²) in [6.45, 7) is 8.03. The number of rotatable bonds is 5. The Morgan fingerprint density at radius 2 is 1.91 bits per heavy atom. The molecule has 2 aromatic heterocycles. The molecule has 0 aliphatic rings. The van der Waals surface area contributed by atoms with E-state index in [2.05, 4.69) is 61.1 Å². The minimum atomic E-state index is 0.724. The summed E-state index contributed by atoms with van der Waals surface area (Å²) in [6, 6.07) is 10.6. The Labute approximate surface area is 141 Å². The predicted octanol–water partition coefficient (Wildman–Crippen LogP) is 4.85. The zero-order valence-corrected chi connectivity index (χ0v) is 14.9. The molecule has 4 heteroatoms. The molecule has 1 aromatic carbocycles.